The molecule has 3 rings (SSSR count). The molecule has 0 aliphatic carbocycles. The molecule has 1 N–H and O–H groups in total. The van der Waals surface area contributed by atoms with Crippen molar-refractivity contribution in [3.8, 4) is 11.5 Å². The Morgan fingerprint density at radius 1 is 1.50 bits per heavy atom. The lowest BCUT2D eigenvalue weighted by molar-refractivity contribution is 0.174. The summed E-state index contributed by atoms with van der Waals surface area (Å²) in [5.41, 5.74) is 0.785. The van der Waals surface area contributed by atoms with Crippen molar-refractivity contribution in [1.29, 1.82) is 0 Å². The van der Waals surface area contributed by atoms with Crippen molar-refractivity contribution >= 4 is 30.0 Å². The Morgan fingerprint density at radius 3 is 3.17 bits per heavy atom. The van der Waals surface area contributed by atoms with E-state index in [2.05, 4.69) is 15.3 Å². The van der Waals surface area contributed by atoms with Crippen LogP contribution >= 0.6 is 23.8 Å². The van der Waals surface area contributed by atoms with Crippen LogP contribution in [0.5, 0.6) is 11.5 Å². The third-order valence-corrected chi connectivity index (χ3v) is 2.88. The van der Waals surface area contributed by atoms with Crippen LogP contribution in [0.3, 0.4) is 0 Å². The number of halogens is 1. The van der Waals surface area contributed by atoms with E-state index < -0.39 is 0 Å². The zero-order valence-corrected chi connectivity index (χ0v) is 10.5. The van der Waals surface area contributed by atoms with E-state index in [4.69, 9.17) is 33.3 Å². The summed E-state index contributed by atoms with van der Waals surface area (Å²) in [7, 11) is 0. The lowest BCUT2D eigenvalue weighted by atomic mass is 10.2. The summed E-state index contributed by atoms with van der Waals surface area (Å²) in [5, 5.41) is 11.0. The average Bonchev–Trinajstić information content (AvgIpc) is 2.95. The number of fused-ring (bicyclic) bond motifs is 1. The first kappa shape index (κ1) is 11.2. The average molecular weight is 283 g/mol. The van der Waals surface area contributed by atoms with Gasteiger partial charge in [-0.2, -0.15) is 14.9 Å². The van der Waals surface area contributed by atoms with Crippen molar-refractivity contribution < 1.29 is 9.47 Å². The predicted octanol–water partition coefficient (Wildman–Crippen LogP) is 2.20. The highest BCUT2D eigenvalue weighted by atomic mass is 35.5. The molecule has 0 bridgehead atoms. The highest BCUT2D eigenvalue weighted by Gasteiger charge is 2.17. The lowest BCUT2D eigenvalue weighted by Gasteiger charge is -2.00. The van der Waals surface area contributed by atoms with Gasteiger partial charge in [0.25, 0.3) is 0 Å². The van der Waals surface area contributed by atoms with Crippen molar-refractivity contribution in [2.24, 2.45) is 5.10 Å². The molecule has 18 heavy (non-hydrogen) atoms. The van der Waals surface area contributed by atoms with Gasteiger partial charge in [-0.3, -0.25) is 5.10 Å². The minimum absolute atomic E-state index is 0.183. The van der Waals surface area contributed by atoms with Gasteiger partial charge >= 0.3 is 0 Å². The molecular weight excluding hydrogens is 276 g/mol. The molecule has 2 heterocycles. The molecule has 0 unspecified atom stereocenters. The van der Waals surface area contributed by atoms with Crippen molar-refractivity contribution in [1.82, 2.24) is 14.9 Å². The second-order valence-corrected chi connectivity index (χ2v) is 4.28. The van der Waals surface area contributed by atoms with E-state index in [1.54, 1.807) is 18.3 Å². The fourth-order valence-electron chi connectivity index (χ4n) is 1.52. The number of nitrogens with one attached hydrogen (secondary N) is 1. The maximum Gasteiger partial charge on any atom is 0.231 e. The number of nitrogens with zero attached hydrogens (tertiary/aromatic N) is 3. The molecular formula is C10H7ClN4O2S. The van der Waals surface area contributed by atoms with Crippen molar-refractivity contribution in [2.45, 2.75) is 0 Å². The van der Waals surface area contributed by atoms with Gasteiger partial charge in [-0.15, -0.1) is 0 Å². The van der Waals surface area contributed by atoms with E-state index in [-0.39, 0.29) is 6.79 Å². The number of H-pyrrole nitrogens is 1. The van der Waals surface area contributed by atoms with Gasteiger partial charge in [0.1, 0.15) is 6.33 Å². The van der Waals surface area contributed by atoms with Crippen LogP contribution in [-0.4, -0.2) is 27.9 Å². The van der Waals surface area contributed by atoms with E-state index >= 15 is 0 Å². The highest BCUT2D eigenvalue weighted by molar-refractivity contribution is 7.71. The van der Waals surface area contributed by atoms with Gasteiger partial charge in [-0.1, -0.05) is 11.6 Å². The maximum atomic E-state index is 6.05. The van der Waals surface area contributed by atoms with E-state index in [1.165, 1.54) is 11.0 Å². The van der Waals surface area contributed by atoms with Crippen LogP contribution in [0.4, 0.5) is 0 Å². The molecule has 0 spiro atoms. The molecule has 0 fully saturated rings. The van der Waals surface area contributed by atoms with Crippen molar-refractivity contribution in [3.63, 3.8) is 0 Å². The first-order valence-corrected chi connectivity index (χ1v) is 5.78. The Hall–Kier alpha value is -1.86. The van der Waals surface area contributed by atoms with Gasteiger partial charge < -0.3 is 9.47 Å². The second kappa shape index (κ2) is 4.43. The molecule has 0 saturated carbocycles. The number of aromatic amines is 1. The quantitative estimate of drug-likeness (QED) is 0.677. The fourth-order valence-corrected chi connectivity index (χ4v) is 1.94. The lowest BCUT2D eigenvalue weighted by Crippen LogP contribution is -1.93. The molecule has 0 atom stereocenters. The number of rotatable bonds is 2. The zero-order valence-electron chi connectivity index (χ0n) is 8.96. The molecule has 8 heteroatoms. The van der Waals surface area contributed by atoms with Gasteiger partial charge in [0.15, 0.2) is 11.5 Å². The van der Waals surface area contributed by atoms with Gasteiger partial charge in [0.2, 0.25) is 11.6 Å². The topological polar surface area (TPSA) is 64.4 Å². The van der Waals surface area contributed by atoms with Crippen LogP contribution < -0.4 is 9.47 Å². The fraction of sp³-hybridized carbons (Fsp3) is 0.100. The third kappa shape index (κ3) is 1.98. The number of ether oxygens (including phenoxy) is 2. The first-order chi connectivity index (χ1) is 8.74. The molecule has 1 aromatic carbocycles. The molecule has 6 nitrogen and oxygen atoms in total. The molecule has 1 aliphatic rings. The summed E-state index contributed by atoms with van der Waals surface area (Å²) in [6, 6.07) is 3.53. The summed E-state index contributed by atoms with van der Waals surface area (Å²) in [5.74, 6) is 1.17. The third-order valence-electron chi connectivity index (χ3n) is 2.32. The van der Waals surface area contributed by atoms with Crippen molar-refractivity contribution in [3.05, 3.63) is 33.8 Å². The summed E-state index contributed by atoms with van der Waals surface area (Å²) in [6.45, 7) is 0.183. The van der Waals surface area contributed by atoms with Crippen LogP contribution in [0.1, 0.15) is 5.56 Å². The maximum absolute atomic E-state index is 6.05. The van der Waals surface area contributed by atoms with E-state index in [0.29, 0.717) is 21.3 Å². The van der Waals surface area contributed by atoms with E-state index in [1.807, 2.05) is 0 Å². The summed E-state index contributed by atoms with van der Waals surface area (Å²) < 4.78 is 12.3. The second-order valence-electron chi connectivity index (χ2n) is 3.49. The van der Waals surface area contributed by atoms with Crippen LogP contribution in [0.25, 0.3) is 0 Å². The monoisotopic (exact) mass is 282 g/mol. The molecule has 2 aromatic rings. The zero-order chi connectivity index (χ0) is 12.5. The smallest absolute Gasteiger partial charge is 0.231 e. The number of aromatic nitrogens is 3. The minimum atomic E-state index is 0.183. The standard InChI is InChI=1S/C10H7ClN4O2S/c11-7-1-6(2-8-9(7)17-5-16-8)3-13-15-4-12-14-10(15)18/h1-4H,5H2,(H,14,18)/b13-3-. The molecule has 0 saturated heterocycles. The summed E-state index contributed by atoms with van der Waals surface area (Å²) in [4.78, 5) is 0. The Morgan fingerprint density at radius 2 is 2.39 bits per heavy atom. The predicted molar refractivity (Wildman–Crippen MR) is 68.0 cm³/mol. The molecule has 0 amide bonds. The van der Waals surface area contributed by atoms with Gasteiger partial charge in [0, 0.05) is 0 Å². The van der Waals surface area contributed by atoms with Crippen LogP contribution in [0.15, 0.2) is 23.6 Å². The largest absolute Gasteiger partial charge is 0.454 e. The summed E-state index contributed by atoms with van der Waals surface area (Å²) >= 11 is 11.0. The Labute approximate surface area is 112 Å². The van der Waals surface area contributed by atoms with Gasteiger partial charge in [0.05, 0.1) is 11.2 Å². The highest BCUT2D eigenvalue weighted by Crippen LogP contribution is 2.39. The first-order valence-electron chi connectivity index (χ1n) is 4.99. The van der Waals surface area contributed by atoms with E-state index in [0.717, 1.165) is 5.56 Å². The Balaban J connectivity index is 1.94. The molecule has 92 valence electrons. The SMILES string of the molecule is S=c1[nH]ncn1/N=C\c1cc(Cl)c2c(c1)OCO2. The number of benzene rings is 1. The van der Waals surface area contributed by atoms with Gasteiger partial charge in [-0.25, -0.2) is 0 Å². The molecule has 1 aromatic heterocycles. The van der Waals surface area contributed by atoms with Gasteiger partial charge in [-0.05, 0) is 29.9 Å². The molecule has 1 aliphatic heterocycles. The summed E-state index contributed by atoms with van der Waals surface area (Å²) in [6.07, 6.45) is 3.09. The number of hydrogen-bond acceptors (Lipinski definition) is 5. The normalized spacial score (nSPS) is 13.4. The van der Waals surface area contributed by atoms with Crippen LogP contribution in [0.2, 0.25) is 5.02 Å². The Bertz CT molecular complexity index is 679. The molecule has 0 radical (unpaired) electrons. The van der Waals surface area contributed by atoms with Crippen LogP contribution in [0, 0.1) is 4.77 Å². The van der Waals surface area contributed by atoms with Crippen molar-refractivity contribution in [2.75, 3.05) is 6.79 Å². The Kier molecular flexibility index (Phi) is 2.77. The van der Waals surface area contributed by atoms with E-state index in [9.17, 15) is 0 Å². The number of hydrogen-bond donors (Lipinski definition) is 1. The van der Waals surface area contributed by atoms with Crippen LogP contribution in [-0.2, 0) is 0 Å². The minimum Gasteiger partial charge on any atom is -0.454 e.